The zero-order chi connectivity index (χ0) is 13.4. The van der Waals surface area contributed by atoms with Gasteiger partial charge >= 0.3 is 0 Å². The van der Waals surface area contributed by atoms with Crippen molar-refractivity contribution in [3.8, 4) is 0 Å². The van der Waals surface area contributed by atoms with Gasteiger partial charge in [0.1, 0.15) is 0 Å². The number of hydrogen-bond acceptors (Lipinski definition) is 3. The molecule has 0 radical (unpaired) electrons. The Labute approximate surface area is 114 Å². The van der Waals surface area contributed by atoms with Gasteiger partial charge in [0.15, 0.2) is 0 Å². The average molecular weight is 266 g/mol. The summed E-state index contributed by atoms with van der Waals surface area (Å²) in [6.07, 6.45) is 0.803. The summed E-state index contributed by atoms with van der Waals surface area (Å²) in [5.74, 6) is 2.09. The highest BCUT2D eigenvalue weighted by atomic mass is 32.2. The zero-order valence-electron chi connectivity index (χ0n) is 11.1. The number of rotatable bonds is 7. The topological polar surface area (TPSA) is 55.1 Å². The molecule has 0 aliphatic carbocycles. The van der Waals surface area contributed by atoms with Crippen LogP contribution in [0, 0.1) is 0 Å². The van der Waals surface area contributed by atoms with Crippen LogP contribution in [0.4, 0.5) is 0 Å². The van der Waals surface area contributed by atoms with Crippen LogP contribution in [0.2, 0.25) is 0 Å². The molecule has 18 heavy (non-hydrogen) atoms. The molecule has 3 nitrogen and oxygen atoms in total. The first-order chi connectivity index (χ1) is 8.63. The lowest BCUT2D eigenvalue weighted by atomic mass is 10.1. The van der Waals surface area contributed by atoms with Crippen LogP contribution >= 0.6 is 11.8 Å². The summed E-state index contributed by atoms with van der Waals surface area (Å²) in [7, 11) is 0. The van der Waals surface area contributed by atoms with Crippen LogP contribution in [0.25, 0.3) is 0 Å². The Morgan fingerprint density at radius 1 is 1.39 bits per heavy atom. The molecule has 0 bridgehead atoms. The SMILES string of the molecule is CCSCc1ccc(C(=O)NCCC(C)N)cc1. The Morgan fingerprint density at radius 3 is 2.61 bits per heavy atom. The molecular weight excluding hydrogens is 244 g/mol. The second-order valence-corrected chi connectivity index (χ2v) is 5.63. The van der Waals surface area contributed by atoms with Gasteiger partial charge in [-0.2, -0.15) is 11.8 Å². The van der Waals surface area contributed by atoms with E-state index in [1.165, 1.54) is 5.56 Å². The van der Waals surface area contributed by atoms with Crippen molar-refractivity contribution in [2.45, 2.75) is 32.1 Å². The molecule has 1 rings (SSSR count). The van der Waals surface area contributed by atoms with E-state index in [4.69, 9.17) is 5.73 Å². The molecule has 0 heterocycles. The largest absolute Gasteiger partial charge is 0.352 e. The fraction of sp³-hybridized carbons (Fsp3) is 0.500. The van der Waals surface area contributed by atoms with Crippen molar-refractivity contribution in [3.05, 3.63) is 35.4 Å². The maximum absolute atomic E-state index is 11.8. The van der Waals surface area contributed by atoms with Crippen LogP contribution in [0.1, 0.15) is 36.2 Å². The molecule has 1 unspecified atom stereocenters. The predicted molar refractivity (Wildman–Crippen MR) is 78.9 cm³/mol. The standard InChI is InChI=1S/C14H22N2OS/c1-3-18-10-12-4-6-13(7-5-12)14(17)16-9-8-11(2)15/h4-7,11H,3,8-10,15H2,1-2H3,(H,16,17). The maximum atomic E-state index is 11.8. The molecule has 1 aromatic carbocycles. The van der Waals surface area contributed by atoms with Crippen molar-refractivity contribution >= 4 is 17.7 Å². The Hall–Kier alpha value is -1.00. The van der Waals surface area contributed by atoms with Crippen LogP contribution in [0.5, 0.6) is 0 Å². The highest BCUT2D eigenvalue weighted by molar-refractivity contribution is 7.98. The monoisotopic (exact) mass is 266 g/mol. The average Bonchev–Trinajstić information content (AvgIpc) is 2.36. The van der Waals surface area contributed by atoms with Gasteiger partial charge in [0.05, 0.1) is 0 Å². The summed E-state index contributed by atoms with van der Waals surface area (Å²) in [6, 6.07) is 7.92. The minimum Gasteiger partial charge on any atom is -0.352 e. The molecule has 1 amide bonds. The molecule has 0 aliphatic rings. The molecule has 0 saturated heterocycles. The second-order valence-electron chi connectivity index (χ2n) is 4.36. The molecule has 0 saturated carbocycles. The lowest BCUT2D eigenvalue weighted by Gasteiger charge is -2.08. The minimum absolute atomic E-state index is 0.0228. The zero-order valence-corrected chi connectivity index (χ0v) is 11.9. The summed E-state index contributed by atoms with van der Waals surface area (Å²) >= 11 is 1.88. The van der Waals surface area contributed by atoms with E-state index in [-0.39, 0.29) is 11.9 Å². The predicted octanol–water partition coefficient (Wildman–Crippen LogP) is 2.41. The van der Waals surface area contributed by atoms with Gasteiger partial charge in [0.25, 0.3) is 5.91 Å². The van der Waals surface area contributed by atoms with Gasteiger partial charge in [-0.05, 0) is 36.8 Å². The molecule has 100 valence electrons. The van der Waals surface area contributed by atoms with Gasteiger partial charge in [0, 0.05) is 23.9 Å². The van der Waals surface area contributed by atoms with Gasteiger partial charge in [-0.3, -0.25) is 4.79 Å². The van der Waals surface area contributed by atoms with Gasteiger partial charge in [0.2, 0.25) is 0 Å². The van der Waals surface area contributed by atoms with Crippen molar-refractivity contribution in [1.29, 1.82) is 0 Å². The van der Waals surface area contributed by atoms with Gasteiger partial charge in [-0.1, -0.05) is 19.1 Å². The minimum atomic E-state index is -0.0228. The molecular formula is C14H22N2OS. The molecule has 1 aromatic rings. The van der Waals surface area contributed by atoms with Crippen molar-refractivity contribution < 1.29 is 4.79 Å². The second kappa shape index (κ2) is 8.16. The van der Waals surface area contributed by atoms with Crippen LogP contribution in [-0.2, 0) is 5.75 Å². The summed E-state index contributed by atoms with van der Waals surface area (Å²) in [6.45, 7) is 4.71. The van der Waals surface area contributed by atoms with E-state index >= 15 is 0 Å². The lowest BCUT2D eigenvalue weighted by Crippen LogP contribution is -2.28. The number of benzene rings is 1. The molecule has 0 spiro atoms. The smallest absolute Gasteiger partial charge is 0.251 e. The third-order valence-electron chi connectivity index (χ3n) is 2.57. The number of carbonyl (C=O) groups is 1. The Morgan fingerprint density at radius 2 is 2.06 bits per heavy atom. The fourth-order valence-corrected chi connectivity index (χ4v) is 2.12. The third-order valence-corrected chi connectivity index (χ3v) is 3.52. The Bertz CT molecular complexity index is 363. The van der Waals surface area contributed by atoms with Crippen molar-refractivity contribution in [3.63, 3.8) is 0 Å². The van der Waals surface area contributed by atoms with E-state index in [1.54, 1.807) is 0 Å². The number of nitrogens with one attached hydrogen (secondary N) is 1. The number of hydrogen-bond donors (Lipinski definition) is 2. The van der Waals surface area contributed by atoms with Crippen LogP contribution in [0.3, 0.4) is 0 Å². The first-order valence-corrected chi connectivity index (χ1v) is 7.49. The van der Waals surface area contributed by atoms with Gasteiger partial charge < -0.3 is 11.1 Å². The highest BCUT2D eigenvalue weighted by Crippen LogP contribution is 2.12. The Kier molecular flexibility index (Phi) is 6.83. The summed E-state index contributed by atoms with van der Waals surface area (Å²) < 4.78 is 0. The first-order valence-electron chi connectivity index (χ1n) is 6.34. The number of carbonyl (C=O) groups excluding carboxylic acids is 1. The van der Waals surface area contributed by atoms with E-state index in [0.717, 1.165) is 17.9 Å². The van der Waals surface area contributed by atoms with Gasteiger partial charge in [-0.15, -0.1) is 0 Å². The normalized spacial score (nSPS) is 12.2. The van der Waals surface area contributed by atoms with Crippen molar-refractivity contribution in [2.24, 2.45) is 5.73 Å². The maximum Gasteiger partial charge on any atom is 0.251 e. The van der Waals surface area contributed by atoms with Crippen LogP contribution in [0.15, 0.2) is 24.3 Å². The van der Waals surface area contributed by atoms with Gasteiger partial charge in [-0.25, -0.2) is 0 Å². The van der Waals surface area contributed by atoms with E-state index < -0.39 is 0 Å². The number of nitrogens with two attached hydrogens (primary N) is 1. The lowest BCUT2D eigenvalue weighted by molar-refractivity contribution is 0.0953. The first kappa shape index (κ1) is 15.1. The van der Waals surface area contributed by atoms with Crippen LogP contribution < -0.4 is 11.1 Å². The van der Waals surface area contributed by atoms with Crippen molar-refractivity contribution in [2.75, 3.05) is 12.3 Å². The molecule has 0 aromatic heterocycles. The molecule has 4 heteroatoms. The highest BCUT2D eigenvalue weighted by Gasteiger charge is 2.05. The van der Waals surface area contributed by atoms with Crippen molar-refractivity contribution in [1.82, 2.24) is 5.32 Å². The fourth-order valence-electron chi connectivity index (χ4n) is 1.49. The van der Waals surface area contributed by atoms with E-state index in [1.807, 2.05) is 43.0 Å². The molecule has 3 N–H and O–H groups in total. The third kappa shape index (κ3) is 5.56. The summed E-state index contributed by atoms with van der Waals surface area (Å²) in [5, 5.41) is 2.87. The molecule has 0 fully saturated rings. The number of thioether (sulfide) groups is 1. The van der Waals surface area contributed by atoms with E-state index in [9.17, 15) is 4.79 Å². The molecule has 0 aliphatic heterocycles. The van der Waals surface area contributed by atoms with E-state index in [2.05, 4.69) is 12.2 Å². The van der Waals surface area contributed by atoms with E-state index in [0.29, 0.717) is 12.1 Å². The summed E-state index contributed by atoms with van der Waals surface area (Å²) in [5.41, 5.74) is 7.60. The summed E-state index contributed by atoms with van der Waals surface area (Å²) in [4.78, 5) is 11.8. The molecule has 1 atom stereocenters. The Balaban J connectivity index is 2.43. The number of amides is 1. The quantitative estimate of drug-likeness (QED) is 0.797. The van der Waals surface area contributed by atoms with Crippen LogP contribution in [-0.4, -0.2) is 24.2 Å².